The highest BCUT2D eigenvalue weighted by Crippen LogP contribution is 2.19. The van der Waals surface area contributed by atoms with Gasteiger partial charge in [-0.2, -0.15) is 0 Å². The van der Waals surface area contributed by atoms with Gasteiger partial charge < -0.3 is 15.8 Å². The highest BCUT2D eigenvalue weighted by Gasteiger charge is 2.06. The Kier molecular flexibility index (Phi) is 7.75. The van der Waals surface area contributed by atoms with Crippen molar-refractivity contribution in [1.82, 2.24) is 0 Å². The van der Waals surface area contributed by atoms with E-state index < -0.39 is 5.82 Å². The largest absolute Gasteiger partial charge is 0.397 e. The first-order chi connectivity index (χ1) is 10.0. The van der Waals surface area contributed by atoms with E-state index in [1.807, 2.05) is 0 Å². The first-order valence-corrected chi connectivity index (χ1v) is 7.45. The quantitative estimate of drug-likeness (QED) is 0.541. The number of halogens is 1. The van der Waals surface area contributed by atoms with Crippen LogP contribution in [0.4, 0.5) is 15.8 Å². The molecule has 1 rings (SSSR count). The highest BCUT2D eigenvalue weighted by atomic mass is 19.1. The van der Waals surface area contributed by atoms with E-state index in [0.29, 0.717) is 31.1 Å². The van der Waals surface area contributed by atoms with E-state index >= 15 is 0 Å². The van der Waals surface area contributed by atoms with Crippen LogP contribution in [0.1, 0.15) is 39.5 Å². The van der Waals surface area contributed by atoms with Crippen molar-refractivity contribution in [3.8, 4) is 0 Å². The fraction of sp³-hybridized carbons (Fsp3) is 0.562. The SMILES string of the molecule is CCCC(C)COCCCC(=O)Nc1ccc(F)cc1N. The molecule has 0 bridgehead atoms. The van der Waals surface area contributed by atoms with E-state index in [9.17, 15) is 9.18 Å². The van der Waals surface area contributed by atoms with Crippen LogP contribution in [0.2, 0.25) is 0 Å². The van der Waals surface area contributed by atoms with Crippen molar-refractivity contribution in [1.29, 1.82) is 0 Å². The van der Waals surface area contributed by atoms with Crippen LogP contribution in [0.5, 0.6) is 0 Å². The lowest BCUT2D eigenvalue weighted by Gasteiger charge is -2.11. The van der Waals surface area contributed by atoms with Crippen molar-refractivity contribution in [2.75, 3.05) is 24.3 Å². The molecule has 118 valence electrons. The number of carbonyl (C=O) groups is 1. The number of nitrogens with one attached hydrogen (secondary N) is 1. The zero-order chi connectivity index (χ0) is 15.7. The fourth-order valence-corrected chi connectivity index (χ4v) is 2.06. The molecule has 0 saturated heterocycles. The lowest BCUT2D eigenvalue weighted by Crippen LogP contribution is -2.14. The summed E-state index contributed by atoms with van der Waals surface area (Å²) in [5, 5.41) is 2.67. The molecule has 1 aromatic rings. The van der Waals surface area contributed by atoms with E-state index in [0.717, 1.165) is 19.4 Å². The van der Waals surface area contributed by atoms with E-state index in [-0.39, 0.29) is 11.6 Å². The van der Waals surface area contributed by atoms with Crippen molar-refractivity contribution < 1.29 is 13.9 Å². The number of hydrogen-bond acceptors (Lipinski definition) is 3. The minimum absolute atomic E-state index is 0.140. The van der Waals surface area contributed by atoms with Crippen molar-refractivity contribution in [3.63, 3.8) is 0 Å². The summed E-state index contributed by atoms with van der Waals surface area (Å²) in [5.74, 6) is 0.00135. The Morgan fingerprint density at radius 3 is 2.90 bits per heavy atom. The monoisotopic (exact) mass is 296 g/mol. The number of amides is 1. The molecule has 1 amide bonds. The minimum Gasteiger partial charge on any atom is -0.397 e. The Balaban J connectivity index is 2.19. The Labute approximate surface area is 125 Å². The van der Waals surface area contributed by atoms with E-state index in [4.69, 9.17) is 10.5 Å². The Bertz CT molecular complexity index is 452. The molecule has 0 saturated carbocycles. The summed E-state index contributed by atoms with van der Waals surface area (Å²) < 4.78 is 18.4. The van der Waals surface area contributed by atoms with Gasteiger partial charge in [0.25, 0.3) is 0 Å². The molecule has 1 aromatic carbocycles. The first-order valence-electron chi connectivity index (χ1n) is 7.45. The van der Waals surface area contributed by atoms with Gasteiger partial charge in [-0.25, -0.2) is 4.39 Å². The minimum atomic E-state index is -0.417. The Morgan fingerprint density at radius 2 is 2.24 bits per heavy atom. The van der Waals surface area contributed by atoms with Gasteiger partial charge in [-0.05, 0) is 37.0 Å². The molecule has 0 radical (unpaired) electrons. The predicted octanol–water partition coefficient (Wildman–Crippen LogP) is 3.58. The van der Waals surface area contributed by atoms with Crippen molar-refractivity contribution in [3.05, 3.63) is 24.0 Å². The number of benzene rings is 1. The number of nitrogens with two attached hydrogens (primary N) is 1. The Morgan fingerprint density at radius 1 is 1.48 bits per heavy atom. The van der Waals surface area contributed by atoms with Gasteiger partial charge in [0.1, 0.15) is 5.82 Å². The molecule has 21 heavy (non-hydrogen) atoms. The second kappa shape index (κ2) is 9.34. The van der Waals surface area contributed by atoms with Crippen LogP contribution in [-0.4, -0.2) is 19.1 Å². The molecule has 0 heterocycles. The van der Waals surface area contributed by atoms with Crippen LogP contribution in [0.25, 0.3) is 0 Å². The Hall–Kier alpha value is -1.62. The van der Waals surface area contributed by atoms with Gasteiger partial charge >= 0.3 is 0 Å². The highest BCUT2D eigenvalue weighted by molar-refractivity contribution is 5.93. The predicted molar refractivity (Wildman–Crippen MR) is 83.6 cm³/mol. The van der Waals surface area contributed by atoms with Crippen LogP contribution in [-0.2, 0) is 9.53 Å². The first kappa shape index (κ1) is 17.4. The summed E-state index contributed by atoms with van der Waals surface area (Å²) in [5.41, 5.74) is 6.30. The van der Waals surface area contributed by atoms with E-state index in [1.54, 1.807) is 0 Å². The maximum Gasteiger partial charge on any atom is 0.224 e. The molecular formula is C16H25FN2O2. The topological polar surface area (TPSA) is 64.3 Å². The van der Waals surface area contributed by atoms with Gasteiger partial charge in [-0.1, -0.05) is 20.3 Å². The van der Waals surface area contributed by atoms with Crippen LogP contribution in [0, 0.1) is 11.7 Å². The van der Waals surface area contributed by atoms with Gasteiger partial charge in [0.2, 0.25) is 5.91 Å². The van der Waals surface area contributed by atoms with Crippen LogP contribution in [0.3, 0.4) is 0 Å². The number of rotatable bonds is 9. The zero-order valence-corrected chi connectivity index (χ0v) is 12.8. The van der Waals surface area contributed by atoms with E-state index in [2.05, 4.69) is 19.2 Å². The number of hydrogen-bond donors (Lipinski definition) is 2. The molecule has 1 unspecified atom stereocenters. The average molecular weight is 296 g/mol. The molecule has 3 N–H and O–H groups in total. The van der Waals surface area contributed by atoms with Crippen LogP contribution < -0.4 is 11.1 Å². The smallest absolute Gasteiger partial charge is 0.224 e. The maximum atomic E-state index is 12.9. The average Bonchev–Trinajstić information content (AvgIpc) is 2.42. The van der Waals surface area contributed by atoms with Crippen molar-refractivity contribution in [2.24, 2.45) is 5.92 Å². The van der Waals surface area contributed by atoms with E-state index in [1.165, 1.54) is 18.2 Å². The van der Waals surface area contributed by atoms with Gasteiger partial charge in [0.15, 0.2) is 0 Å². The molecule has 0 fully saturated rings. The van der Waals surface area contributed by atoms with Gasteiger partial charge in [0, 0.05) is 19.6 Å². The second-order valence-corrected chi connectivity index (χ2v) is 5.35. The molecule has 0 aliphatic heterocycles. The van der Waals surface area contributed by atoms with Gasteiger partial charge in [-0.15, -0.1) is 0 Å². The summed E-state index contributed by atoms with van der Waals surface area (Å²) in [6.07, 6.45) is 3.33. The summed E-state index contributed by atoms with van der Waals surface area (Å²) in [6.45, 7) is 5.62. The molecular weight excluding hydrogens is 271 g/mol. The molecule has 5 heteroatoms. The van der Waals surface area contributed by atoms with Crippen LogP contribution in [0.15, 0.2) is 18.2 Å². The van der Waals surface area contributed by atoms with Crippen molar-refractivity contribution in [2.45, 2.75) is 39.5 Å². The lowest BCUT2D eigenvalue weighted by molar-refractivity contribution is -0.116. The fourth-order valence-electron chi connectivity index (χ4n) is 2.06. The summed E-state index contributed by atoms with van der Waals surface area (Å²) in [7, 11) is 0. The standard InChI is InChI=1S/C16H25FN2O2/c1-3-5-12(2)11-21-9-4-6-16(20)19-15-8-7-13(17)10-14(15)18/h7-8,10,12H,3-6,9,11,18H2,1-2H3,(H,19,20). The van der Waals surface area contributed by atoms with Crippen LogP contribution >= 0.6 is 0 Å². The molecule has 1 atom stereocenters. The summed E-state index contributed by atoms with van der Waals surface area (Å²) in [6, 6.07) is 3.92. The third-order valence-corrected chi connectivity index (χ3v) is 3.16. The van der Waals surface area contributed by atoms with Gasteiger partial charge in [-0.3, -0.25) is 4.79 Å². The normalized spacial score (nSPS) is 12.1. The van der Waals surface area contributed by atoms with Gasteiger partial charge in [0.05, 0.1) is 11.4 Å². The second-order valence-electron chi connectivity index (χ2n) is 5.35. The summed E-state index contributed by atoms with van der Waals surface area (Å²) in [4.78, 5) is 11.7. The van der Waals surface area contributed by atoms with Crippen molar-refractivity contribution >= 4 is 17.3 Å². The number of carbonyl (C=O) groups excluding carboxylic acids is 1. The molecule has 0 spiro atoms. The number of ether oxygens (including phenoxy) is 1. The molecule has 0 aliphatic rings. The molecule has 4 nitrogen and oxygen atoms in total. The maximum absolute atomic E-state index is 12.9. The number of anilines is 2. The third-order valence-electron chi connectivity index (χ3n) is 3.16. The third kappa shape index (κ3) is 7.09. The molecule has 0 aliphatic carbocycles. The summed E-state index contributed by atoms with van der Waals surface area (Å²) >= 11 is 0. The lowest BCUT2D eigenvalue weighted by atomic mass is 10.1. The molecule has 0 aromatic heterocycles. The zero-order valence-electron chi connectivity index (χ0n) is 12.8. The number of nitrogen functional groups attached to an aromatic ring is 1.